The first-order valence-electron chi connectivity index (χ1n) is 6.70. The van der Waals surface area contributed by atoms with Gasteiger partial charge in [0.1, 0.15) is 11.9 Å². The zero-order valence-electron chi connectivity index (χ0n) is 11.0. The molecule has 19 heavy (non-hydrogen) atoms. The van der Waals surface area contributed by atoms with Gasteiger partial charge >= 0.3 is 5.97 Å². The third-order valence-corrected chi connectivity index (χ3v) is 4.01. The molecule has 0 radical (unpaired) electrons. The number of aliphatic carboxylic acids is 1. The summed E-state index contributed by atoms with van der Waals surface area (Å²) in [5, 5.41) is 12.4. The Morgan fingerprint density at radius 3 is 3.00 bits per heavy atom. The molecule has 1 aromatic rings. The second kappa shape index (κ2) is 4.61. The van der Waals surface area contributed by atoms with Gasteiger partial charge in [-0.05, 0) is 42.9 Å². The Bertz CT molecular complexity index is 551. The summed E-state index contributed by atoms with van der Waals surface area (Å²) in [6.45, 7) is 0. The number of hydrogen-bond acceptors (Lipinski definition) is 3. The van der Waals surface area contributed by atoms with Crippen LogP contribution in [-0.2, 0) is 11.2 Å². The van der Waals surface area contributed by atoms with Gasteiger partial charge in [-0.2, -0.15) is 0 Å². The van der Waals surface area contributed by atoms with E-state index in [0.717, 1.165) is 25.1 Å². The van der Waals surface area contributed by atoms with Crippen molar-refractivity contribution < 1.29 is 9.90 Å². The number of para-hydroxylation sites is 1. The van der Waals surface area contributed by atoms with Crippen LogP contribution >= 0.6 is 0 Å². The van der Waals surface area contributed by atoms with Gasteiger partial charge in [-0.15, -0.1) is 0 Å². The highest BCUT2D eigenvalue weighted by molar-refractivity contribution is 5.74. The first kappa shape index (κ1) is 12.1. The van der Waals surface area contributed by atoms with Crippen LogP contribution in [0.25, 0.3) is 0 Å². The third-order valence-electron chi connectivity index (χ3n) is 4.01. The van der Waals surface area contributed by atoms with Crippen molar-refractivity contribution in [1.29, 1.82) is 0 Å². The van der Waals surface area contributed by atoms with Crippen molar-refractivity contribution in [3.63, 3.8) is 0 Å². The summed E-state index contributed by atoms with van der Waals surface area (Å²) in [6, 6.07) is 7.84. The molecular weight excluding hydrogens is 240 g/mol. The molecule has 0 spiro atoms. The van der Waals surface area contributed by atoms with E-state index in [2.05, 4.69) is 28.4 Å². The van der Waals surface area contributed by atoms with Gasteiger partial charge in [0.2, 0.25) is 0 Å². The molecule has 0 saturated heterocycles. The summed E-state index contributed by atoms with van der Waals surface area (Å²) in [5.74, 6) is 0.226. The van der Waals surface area contributed by atoms with Crippen LogP contribution in [0.5, 0.6) is 0 Å². The summed E-state index contributed by atoms with van der Waals surface area (Å²) in [5.41, 5.74) is 3.81. The topological polar surface area (TPSA) is 52.6 Å². The molecule has 1 unspecified atom stereocenters. The van der Waals surface area contributed by atoms with E-state index >= 15 is 0 Å². The van der Waals surface area contributed by atoms with E-state index in [-0.39, 0.29) is 0 Å². The molecular formula is C15H18N2O2. The third kappa shape index (κ3) is 2.07. The number of nitrogens with one attached hydrogen (secondary N) is 1. The predicted molar refractivity (Wildman–Crippen MR) is 74.0 cm³/mol. The maximum absolute atomic E-state index is 11.2. The summed E-state index contributed by atoms with van der Waals surface area (Å²) in [4.78, 5) is 13.3. The van der Waals surface area contributed by atoms with Crippen molar-refractivity contribution in [1.82, 2.24) is 5.32 Å². The highest BCUT2D eigenvalue weighted by Gasteiger charge is 2.29. The van der Waals surface area contributed by atoms with Gasteiger partial charge in [0.15, 0.2) is 0 Å². The number of carboxylic acids is 1. The quantitative estimate of drug-likeness (QED) is 0.810. The number of benzene rings is 1. The van der Waals surface area contributed by atoms with E-state index in [4.69, 9.17) is 0 Å². The Labute approximate surface area is 112 Å². The lowest BCUT2D eigenvalue weighted by Crippen LogP contribution is -2.42. The number of fused-ring (bicyclic) bond motifs is 1. The van der Waals surface area contributed by atoms with Gasteiger partial charge in [0, 0.05) is 12.7 Å². The monoisotopic (exact) mass is 258 g/mol. The van der Waals surface area contributed by atoms with Crippen molar-refractivity contribution in [2.45, 2.75) is 31.7 Å². The number of anilines is 1. The van der Waals surface area contributed by atoms with Gasteiger partial charge in [-0.25, -0.2) is 4.79 Å². The summed E-state index contributed by atoms with van der Waals surface area (Å²) in [7, 11) is 2.00. The fourth-order valence-corrected chi connectivity index (χ4v) is 3.01. The van der Waals surface area contributed by atoms with E-state index in [0.29, 0.717) is 6.42 Å². The molecule has 2 aliphatic heterocycles. The molecule has 4 nitrogen and oxygen atoms in total. The fraction of sp³-hybridized carbons (Fsp3) is 0.400. The molecule has 1 aromatic carbocycles. The normalized spacial score (nSPS) is 22.2. The summed E-state index contributed by atoms with van der Waals surface area (Å²) in [6.07, 6.45) is 3.52. The second-order valence-corrected chi connectivity index (χ2v) is 5.24. The first-order valence-corrected chi connectivity index (χ1v) is 6.70. The van der Waals surface area contributed by atoms with E-state index in [1.807, 2.05) is 13.1 Å². The lowest BCUT2D eigenvalue weighted by molar-refractivity contribution is -0.139. The van der Waals surface area contributed by atoms with Crippen molar-refractivity contribution in [3.05, 3.63) is 41.2 Å². The largest absolute Gasteiger partial charge is 0.480 e. The van der Waals surface area contributed by atoms with Crippen LogP contribution in [0.1, 0.15) is 24.8 Å². The zero-order valence-corrected chi connectivity index (χ0v) is 11.0. The molecule has 4 heteroatoms. The van der Waals surface area contributed by atoms with Crippen LogP contribution in [0.3, 0.4) is 0 Å². The molecule has 2 heterocycles. The Balaban J connectivity index is 1.97. The van der Waals surface area contributed by atoms with Crippen LogP contribution in [0.2, 0.25) is 0 Å². The molecule has 0 fully saturated rings. The average molecular weight is 258 g/mol. The standard InChI is InChI=1S/C15H18N2O2/c1-17-13-8-3-2-5-10(13)9-11-6-4-7-12(15(18)19)16-14(11)17/h2-3,5,8,12,16H,4,6-7,9H2,1H3,(H,18,19). The smallest absolute Gasteiger partial charge is 0.326 e. The van der Waals surface area contributed by atoms with Crippen LogP contribution < -0.4 is 10.2 Å². The number of carbonyl (C=O) groups is 1. The number of carboxylic acid groups (broad SMARTS) is 1. The summed E-state index contributed by atoms with van der Waals surface area (Å²) < 4.78 is 0. The molecule has 0 saturated carbocycles. The van der Waals surface area contributed by atoms with E-state index in [1.165, 1.54) is 16.8 Å². The maximum atomic E-state index is 11.2. The zero-order chi connectivity index (χ0) is 13.4. The van der Waals surface area contributed by atoms with Crippen LogP contribution in [0.15, 0.2) is 35.7 Å². The van der Waals surface area contributed by atoms with E-state index in [1.54, 1.807) is 0 Å². The molecule has 0 amide bonds. The first-order chi connectivity index (χ1) is 9.16. The second-order valence-electron chi connectivity index (χ2n) is 5.24. The Hall–Kier alpha value is -1.97. The minimum absolute atomic E-state index is 0.472. The molecule has 2 aliphatic rings. The number of rotatable bonds is 1. The fourth-order valence-electron chi connectivity index (χ4n) is 3.01. The lowest BCUT2D eigenvalue weighted by Gasteiger charge is -2.33. The summed E-state index contributed by atoms with van der Waals surface area (Å²) >= 11 is 0. The van der Waals surface area contributed by atoms with Crippen LogP contribution in [-0.4, -0.2) is 24.2 Å². The van der Waals surface area contributed by atoms with Crippen LogP contribution in [0.4, 0.5) is 5.69 Å². The van der Waals surface area contributed by atoms with Crippen molar-refractivity contribution in [2.24, 2.45) is 0 Å². The van der Waals surface area contributed by atoms with Crippen LogP contribution in [0, 0.1) is 0 Å². The molecule has 0 aliphatic carbocycles. The molecule has 1 atom stereocenters. The Morgan fingerprint density at radius 2 is 2.21 bits per heavy atom. The average Bonchev–Trinajstić information content (AvgIpc) is 2.62. The number of nitrogens with zero attached hydrogens (tertiary/aromatic N) is 1. The lowest BCUT2D eigenvalue weighted by atomic mass is 9.95. The van der Waals surface area contributed by atoms with Gasteiger partial charge in [0.05, 0.1) is 0 Å². The minimum atomic E-state index is -0.763. The van der Waals surface area contributed by atoms with Gasteiger partial charge < -0.3 is 15.3 Å². The Kier molecular flexibility index (Phi) is 2.93. The number of hydrogen-bond donors (Lipinski definition) is 2. The molecule has 0 aromatic heterocycles. The highest BCUT2D eigenvalue weighted by atomic mass is 16.4. The van der Waals surface area contributed by atoms with Crippen molar-refractivity contribution >= 4 is 11.7 Å². The van der Waals surface area contributed by atoms with E-state index < -0.39 is 12.0 Å². The maximum Gasteiger partial charge on any atom is 0.326 e. The Morgan fingerprint density at radius 1 is 1.42 bits per heavy atom. The minimum Gasteiger partial charge on any atom is -0.480 e. The van der Waals surface area contributed by atoms with Crippen molar-refractivity contribution in [3.8, 4) is 0 Å². The van der Waals surface area contributed by atoms with Gasteiger partial charge in [0.25, 0.3) is 0 Å². The predicted octanol–water partition coefficient (Wildman–Crippen LogP) is 2.12. The number of allylic oxidation sites excluding steroid dienone is 1. The molecule has 3 rings (SSSR count). The molecule has 0 bridgehead atoms. The van der Waals surface area contributed by atoms with Gasteiger partial charge in [-0.1, -0.05) is 18.2 Å². The highest BCUT2D eigenvalue weighted by Crippen LogP contribution is 2.34. The van der Waals surface area contributed by atoms with E-state index in [9.17, 15) is 9.90 Å². The van der Waals surface area contributed by atoms with Crippen molar-refractivity contribution in [2.75, 3.05) is 11.9 Å². The SMILES string of the molecule is CN1C2=C(CCCC(C(=O)O)N2)Cc2ccccc21. The molecule has 100 valence electrons. The molecule has 2 N–H and O–H groups in total. The van der Waals surface area contributed by atoms with Gasteiger partial charge in [-0.3, -0.25) is 0 Å².